The number of aliphatic carboxylic acids is 1. The van der Waals surface area contributed by atoms with Gasteiger partial charge in [-0.1, -0.05) is 36.1 Å². The van der Waals surface area contributed by atoms with Crippen molar-refractivity contribution in [1.29, 1.82) is 5.26 Å². The zero-order valence-electron chi connectivity index (χ0n) is 20.3. The fraction of sp³-hybridized carbons (Fsp3) is 0.259. The Morgan fingerprint density at radius 3 is 2.70 bits per heavy atom. The van der Waals surface area contributed by atoms with Crippen LogP contribution >= 0.6 is 22.7 Å². The summed E-state index contributed by atoms with van der Waals surface area (Å²) in [6, 6.07) is 11.8. The molecular formula is C27H22N4O4S2. The number of nitrogens with one attached hydrogen (secondary N) is 1. The van der Waals surface area contributed by atoms with Gasteiger partial charge < -0.3 is 9.84 Å². The van der Waals surface area contributed by atoms with E-state index in [2.05, 4.69) is 28.3 Å². The van der Waals surface area contributed by atoms with E-state index in [-0.39, 0.29) is 0 Å². The summed E-state index contributed by atoms with van der Waals surface area (Å²) >= 11 is 2.78. The fourth-order valence-corrected chi connectivity index (χ4v) is 6.90. The number of nitrogens with zero attached hydrogens (tertiary/aromatic N) is 3. The number of thiophene rings is 2. The van der Waals surface area contributed by atoms with E-state index in [9.17, 15) is 20.0 Å². The molecule has 1 atom stereocenters. The monoisotopic (exact) mass is 530 g/mol. The van der Waals surface area contributed by atoms with Gasteiger partial charge in [0.05, 0.1) is 26.2 Å². The lowest BCUT2D eigenvalue weighted by atomic mass is 10.0. The zero-order chi connectivity index (χ0) is 26.3. The molecule has 1 aliphatic carbocycles. The zero-order valence-corrected chi connectivity index (χ0v) is 21.9. The topological polar surface area (TPSA) is 117 Å². The van der Waals surface area contributed by atoms with Crippen molar-refractivity contribution in [2.24, 2.45) is 7.05 Å². The maximum absolute atomic E-state index is 12.6. The predicted molar refractivity (Wildman–Crippen MR) is 142 cm³/mol. The van der Waals surface area contributed by atoms with Crippen LogP contribution in [0.5, 0.6) is 0 Å². The third-order valence-electron chi connectivity index (χ3n) is 6.48. The summed E-state index contributed by atoms with van der Waals surface area (Å²) < 4.78 is 7.96. The Kier molecular flexibility index (Phi) is 6.24. The maximum atomic E-state index is 12.6. The highest BCUT2D eigenvalue weighted by molar-refractivity contribution is 7.38. The summed E-state index contributed by atoms with van der Waals surface area (Å²) in [6.07, 6.45) is 1.63. The van der Waals surface area contributed by atoms with Crippen molar-refractivity contribution in [3.63, 3.8) is 0 Å². The highest BCUT2D eigenvalue weighted by Crippen LogP contribution is 2.54. The number of carboxylic acid groups (broad SMARTS) is 1. The molecule has 3 aromatic heterocycles. The molecule has 0 spiro atoms. The lowest BCUT2D eigenvalue weighted by Gasteiger charge is -2.16. The largest absolute Gasteiger partial charge is 0.481 e. The molecule has 4 aromatic rings. The van der Waals surface area contributed by atoms with Crippen LogP contribution in [0.15, 0.2) is 36.5 Å². The molecule has 2 N–H and O–H groups in total. The normalized spacial score (nSPS) is 14.3. The van der Waals surface area contributed by atoms with Gasteiger partial charge >= 0.3 is 12.1 Å². The Bertz CT molecular complexity index is 1660. The standard InChI is InChI=1S/C27H22N4O4S2/c1-15-6-4-5-7-19(15)16(2)35-26(34)30-23-17(14-29-31(23)3)8-9-18-12-20-21(13-28)22(37-24(20)36-18)27(10-11-27)25(32)33/h4-7,12,14,16H,10-11H2,1-3H3,(H,30,34)(H,32,33). The molecule has 3 heterocycles. The van der Waals surface area contributed by atoms with Crippen LogP contribution in [0.4, 0.5) is 10.6 Å². The molecule has 37 heavy (non-hydrogen) atoms. The second kappa shape index (κ2) is 9.40. The molecule has 0 radical (unpaired) electrons. The second-order valence-corrected chi connectivity index (χ2v) is 11.3. The van der Waals surface area contributed by atoms with Crippen LogP contribution in [0.25, 0.3) is 9.40 Å². The van der Waals surface area contributed by atoms with Crippen molar-refractivity contribution in [3.8, 4) is 17.9 Å². The minimum atomic E-state index is -0.915. The molecule has 8 nitrogen and oxygen atoms in total. The Morgan fingerprint density at radius 2 is 2.03 bits per heavy atom. The van der Waals surface area contributed by atoms with Crippen LogP contribution in [0.3, 0.4) is 0 Å². The van der Waals surface area contributed by atoms with Crippen molar-refractivity contribution >= 4 is 50.0 Å². The molecule has 1 fully saturated rings. The number of carbonyl (C=O) groups is 2. The minimum Gasteiger partial charge on any atom is -0.481 e. The first-order valence-corrected chi connectivity index (χ1v) is 13.1. The number of hydrogen-bond donors (Lipinski definition) is 2. The van der Waals surface area contributed by atoms with Crippen LogP contribution in [0.2, 0.25) is 0 Å². The van der Waals surface area contributed by atoms with E-state index < -0.39 is 23.6 Å². The van der Waals surface area contributed by atoms with E-state index in [1.165, 1.54) is 27.4 Å². The molecule has 1 unspecified atom stereocenters. The Labute approximate surface area is 221 Å². The van der Waals surface area contributed by atoms with Gasteiger partial charge in [-0.2, -0.15) is 10.4 Å². The molecule has 0 bridgehead atoms. The molecule has 5 rings (SSSR count). The number of nitriles is 1. The van der Waals surface area contributed by atoms with Crippen molar-refractivity contribution < 1.29 is 19.4 Å². The van der Waals surface area contributed by atoms with Gasteiger partial charge in [-0.15, -0.1) is 22.7 Å². The fourth-order valence-electron chi connectivity index (χ4n) is 4.26. The molecule has 1 aromatic carbocycles. The van der Waals surface area contributed by atoms with Gasteiger partial charge in [-0.3, -0.25) is 14.8 Å². The number of rotatable bonds is 5. The Morgan fingerprint density at radius 1 is 1.27 bits per heavy atom. The third kappa shape index (κ3) is 4.46. The number of carbonyl (C=O) groups excluding carboxylic acids is 1. The summed E-state index contributed by atoms with van der Waals surface area (Å²) in [7, 11) is 1.70. The van der Waals surface area contributed by atoms with Crippen LogP contribution in [-0.4, -0.2) is 26.9 Å². The first-order valence-electron chi connectivity index (χ1n) is 11.5. The van der Waals surface area contributed by atoms with Crippen molar-refractivity contribution in [1.82, 2.24) is 9.78 Å². The molecule has 10 heteroatoms. The van der Waals surface area contributed by atoms with Gasteiger partial charge in [0.1, 0.15) is 23.4 Å². The smallest absolute Gasteiger partial charge is 0.413 e. The number of anilines is 1. The van der Waals surface area contributed by atoms with Crippen molar-refractivity contribution in [2.45, 2.75) is 38.2 Å². The van der Waals surface area contributed by atoms with Crippen molar-refractivity contribution in [3.05, 3.63) is 68.5 Å². The van der Waals surface area contributed by atoms with Crippen LogP contribution in [0.1, 0.15) is 57.9 Å². The highest BCUT2D eigenvalue weighted by Gasteiger charge is 2.54. The molecule has 1 amide bonds. The van der Waals surface area contributed by atoms with Crippen LogP contribution < -0.4 is 5.32 Å². The molecular weight excluding hydrogens is 508 g/mol. The first kappa shape index (κ1) is 24.6. The van der Waals surface area contributed by atoms with E-state index in [0.717, 1.165) is 25.4 Å². The lowest BCUT2D eigenvalue weighted by Crippen LogP contribution is -2.19. The molecule has 1 saturated carbocycles. The average molecular weight is 531 g/mol. The number of fused-ring (bicyclic) bond motifs is 1. The van der Waals surface area contributed by atoms with Gasteiger partial charge in [-0.05, 0) is 43.9 Å². The number of benzene rings is 1. The van der Waals surface area contributed by atoms with E-state index >= 15 is 0 Å². The van der Waals surface area contributed by atoms with Gasteiger partial charge in [0, 0.05) is 17.3 Å². The summed E-state index contributed by atoms with van der Waals surface area (Å²) in [5.41, 5.74) is 1.99. The van der Waals surface area contributed by atoms with Crippen molar-refractivity contribution in [2.75, 3.05) is 5.32 Å². The van der Waals surface area contributed by atoms with E-state index in [4.69, 9.17) is 4.74 Å². The van der Waals surface area contributed by atoms with Crippen LogP contribution in [0, 0.1) is 30.1 Å². The van der Waals surface area contributed by atoms with Crippen LogP contribution in [-0.2, 0) is 22.0 Å². The summed E-state index contributed by atoms with van der Waals surface area (Å²) in [5, 5.41) is 27.1. The third-order valence-corrected chi connectivity index (χ3v) is 9.03. The van der Waals surface area contributed by atoms with E-state index in [0.29, 0.717) is 34.7 Å². The SMILES string of the molecule is Cc1ccccc1C(C)OC(=O)Nc1c(C#Cc2cc3c(C#N)c(C4(C(=O)O)CC4)sc3s2)cnn1C. The minimum absolute atomic E-state index is 0.407. The summed E-state index contributed by atoms with van der Waals surface area (Å²) in [5.74, 6) is 5.67. The number of amides is 1. The second-order valence-electron chi connectivity index (χ2n) is 8.93. The van der Waals surface area contributed by atoms with E-state index in [1.807, 2.05) is 44.2 Å². The summed E-state index contributed by atoms with van der Waals surface area (Å²) in [6.45, 7) is 3.78. The predicted octanol–water partition coefficient (Wildman–Crippen LogP) is 5.70. The van der Waals surface area contributed by atoms with E-state index in [1.54, 1.807) is 13.2 Å². The number of ether oxygens (including phenoxy) is 1. The van der Waals surface area contributed by atoms with Gasteiger partial charge in [0.15, 0.2) is 0 Å². The maximum Gasteiger partial charge on any atom is 0.413 e. The van der Waals surface area contributed by atoms with Gasteiger partial charge in [0.25, 0.3) is 0 Å². The average Bonchev–Trinajstić information content (AvgIpc) is 3.33. The quantitative estimate of drug-likeness (QED) is 0.320. The van der Waals surface area contributed by atoms with Gasteiger partial charge in [0.2, 0.25) is 0 Å². The number of aryl methyl sites for hydroxylation is 2. The molecule has 0 saturated heterocycles. The molecule has 1 aliphatic rings. The molecule has 186 valence electrons. The highest BCUT2D eigenvalue weighted by atomic mass is 32.2. The first-order chi connectivity index (χ1) is 17.7. The molecule has 0 aliphatic heterocycles. The number of hydrogen-bond acceptors (Lipinski definition) is 7. The lowest BCUT2D eigenvalue weighted by molar-refractivity contribution is -0.139. The number of aromatic nitrogens is 2. The number of carboxylic acids is 1. The van der Waals surface area contributed by atoms with Gasteiger partial charge in [-0.25, -0.2) is 4.79 Å². The Hall–Kier alpha value is -4.12. The summed E-state index contributed by atoms with van der Waals surface area (Å²) in [4.78, 5) is 25.7. The Balaban J connectivity index is 1.36.